The van der Waals surface area contributed by atoms with E-state index in [1.54, 1.807) is 19.5 Å². The number of benzene rings is 1. The van der Waals surface area contributed by atoms with Crippen LogP contribution in [0.2, 0.25) is 0 Å². The zero-order chi connectivity index (χ0) is 23.9. The minimum Gasteiger partial charge on any atom is -0.497 e. The van der Waals surface area contributed by atoms with Gasteiger partial charge in [-0.2, -0.15) is 0 Å². The molecule has 1 aliphatic heterocycles. The Hall–Kier alpha value is -3.03. The first-order valence-electron chi connectivity index (χ1n) is 12.0. The van der Waals surface area contributed by atoms with Gasteiger partial charge in [-0.3, -0.25) is 14.8 Å². The molecule has 1 aliphatic rings. The number of carbonyl (C=O) groups is 1. The maximum Gasteiger partial charge on any atom is 0.308 e. The molecule has 0 spiro atoms. The summed E-state index contributed by atoms with van der Waals surface area (Å²) >= 11 is 0. The number of nitrogens with zero attached hydrogens (tertiary/aromatic N) is 3. The Bertz CT molecular complexity index is 1090. The molecule has 0 saturated carbocycles. The number of aryl methyl sites for hydroxylation is 1. The van der Waals surface area contributed by atoms with Crippen LogP contribution < -0.4 is 4.74 Å². The van der Waals surface area contributed by atoms with Crippen LogP contribution in [0.15, 0.2) is 54.9 Å². The van der Waals surface area contributed by atoms with E-state index in [0.717, 1.165) is 60.3 Å². The maximum atomic E-state index is 12.0. The maximum absolute atomic E-state index is 12.0. The van der Waals surface area contributed by atoms with E-state index >= 15 is 0 Å². The summed E-state index contributed by atoms with van der Waals surface area (Å²) in [4.78, 5) is 23.1. The number of piperidine rings is 1. The molecule has 1 aromatic carbocycles. The van der Waals surface area contributed by atoms with Gasteiger partial charge in [-0.25, -0.2) is 0 Å². The van der Waals surface area contributed by atoms with Gasteiger partial charge >= 0.3 is 5.97 Å². The van der Waals surface area contributed by atoms with Crippen molar-refractivity contribution in [3.05, 3.63) is 66.1 Å². The molecule has 3 heterocycles. The second-order valence-corrected chi connectivity index (χ2v) is 9.10. The van der Waals surface area contributed by atoms with Gasteiger partial charge in [0.25, 0.3) is 0 Å². The molecule has 2 aromatic heterocycles. The molecule has 1 saturated heterocycles. The molecule has 180 valence electrons. The summed E-state index contributed by atoms with van der Waals surface area (Å²) in [6.45, 7) is 2.33. The Kier molecular flexibility index (Phi) is 8.08. The number of pyridine rings is 2. The van der Waals surface area contributed by atoms with Gasteiger partial charge < -0.3 is 19.8 Å². The number of carboxylic acid groups (broad SMARTS) is 1. The molecule has 0 radical (unpaired) electrons. The fourth-order valence-electron chi connectivity index (χ4n) is 5.02. The van der Waals surface area contributed by atoms with Crippen molar-refractivity contribution in [1.82, 2.24) is 14.9 Å². The van der Waals surface area contributed by atoms with Crippen LogP contribution in [0.3, 0.4) is 0 Å². The van der Waals surface area contributed by atoms with Gasteiger partial charge in [0.1, 0.15) is 5.75 Å². The number of likely N-dealkylation sites (tertiary alicyclic amines) is 1. The van der Waals surface area contributed by atoms with Gasteiger partial charge in [0.05, 0.1) is 24.6 Å². The summed E-state index contributed by atoms with van der Waals surface area (Å²) in [7, 11) is 1.62. The molecular weight excluding hydrogens is 430 g/mol. The molecule has 7 nitrogen and oxygen atoms in total. The molecule has 34 heavy (non-hydrogen) atoms. The van der Waals surface area contributed by atoms with Crippen molar-refractivity contribution in [2.75, 3.05) is 26.7 Å². The molecule has 4 rings (SSSR count). The van der Waals surface area contributed by atoms with Crippen LogP contribution in [-0.4, -0.2) is 57.8 Å². The summed E-state index contributed by atoms with van der Waals surface area (Å²) < 4.78 is 5.33. The number of aliphatic carboxylic acids is 1. The van der Waals surface area contributed by atoms with Crippen molar-refractivity contribution in [2.45, 2.75) is 38.2 Å². The summed E-state index contributed by atoms with van der Waals surface area (Å²) in [5.74, 6) is -0.379. The molecule has 7 heteroatoms. The SMILES string of the molecule is COc1ccc2nccc([C@@H](O)CC[C@@H]3CCN(CCCc4ccccn4)C[C@@H]3C(=O)O)c2c1. The Labute approximate surface area is 200 Å². The van der Waals surface area contributed by atoms with Crippen molar-refractivity contribution in [3.8, 4) is 5.75 Å². The molecular formula is C27H33N3O4. The number of methoxy groups -OCH3 is 1. The van der Waals surface area contributed by atoms with E-state index in [4.69, 9.17) is 4.74 Å². The first-order valence-corrected chi connectivity index (χ1v) is 12.0. The molecule has 0 unspecified atom stereocenters. The summed E-state index contributed by atoms with van der Waals surface area (Å²) in [6.07, 6.45) is 6.72. The molecule has 0 bridgehead atoms. The smallest absolute Gasteiger partial charge is 0.308 e. The molecule has 3 atom stereocenters. The van der Waals surface area contributed by atoms with E-state index in [2.05, 4.69) is 14.9 Å². The van der Waals surface area contributed by atoms with Crippen LogP contribution in [0.4, 0.5) is 0 Å². The Balaban J connectivity index is 1.34. The van der Waals surface area contributed by atoms with Crippen LogP contribution in [0, 0.1) is 11.8 Å². The predicted octanol–water partition coefficient (Wildman–Crippen LogP) is 4.11. The lowest BCUT2D eigenvalue weighted by Crippen LogP contribution is -2.44. The zero-order valence-electron chi connectivity index (χ0n) is 19.6. The number of aromatic nitrogens is 2. The highest BCUT2D eigenvalue weighted by atomic mass is 16.5. The minimum atomic E-state index is -0.743. The number of carboxylic acids is 1. The Morgan fingerprint density at radius 2 is 2.09 bits per heavy atom. The second kappa shape index (κ2) is 11.4. The molecule has 0 amide bonds. The lowest BCUT2D eigenvalue weighted by molar-refractivity contribution is -0.146. The highest BCUT2D eigenvalue weighted by Gasteiger charge is 2.34. The van der Waals surface area contributed by atoms with Crippen molar-refractivity contribution in [3.63, 3.8) is 0 Å². The van der Waals surface area contributed by atoms with Crippen LogP contribution in [-0.2, 0) is 11.2 Å². The van der Waals surface area contributed by atoms with Gasteiger partial charge in [0.2, 0.25) is 0 Å². The fourth-order valence-corrected chi connectivity index (χ4v) is 5.02. The topological polar surface area (TPSA) is 95.8 Å². The van der Waals surface area contributed by atoms with Gasteiger partial charge in [-0.1, -0.05) is 6.07 Å². The molecule has 1 fully saturated rings. The third kappa shape index (κ3) is 5.90. The fraction of sp³-hybridized carbons (Fsp3) is 0.444. The molecule has 3 aromatic rings. The predicted molar refractivity (Wildman–Crippen MR) is 131 cm³/mol. The molecule has 2 N–H and O–H groups in total. The Morgan fingerprint density at radius 3 is 2.85 bits per heavy atom. The average molecular weight is 464 g/mol. The Morgan fingerprint density at radius 1 is 1.21 bits per heavy atom. The van der Waals surface area contributed by atoms with Gasteiger partial charge in [0.15, 0.2) is 0 Å². The van der Waals surface area contributed by atoms with Gasteiger partial charge in [0, 0.05) is 30.0 Å². The van der Waals surface area contributed by atoms with Crippen molar-refractivity contribution >= 4 is 16.9 Å². The highest BCUT2D eigenvalue weighted by Crippen LogP contribution is 2.33. The molecule has 0 aliphatic carbocycles. The van der Waals surface area contributed by atoms with E-state index in [0.29, 0.717) is 19.4 Å². The first-order chi connectivity index (χ1) is 16.5. The number of aliphatic hydroxyl groups excluding tert-OH is 1. The summed E-state index contributed by atoms with van der Waals surface area (Å²) in [6, 6.07) is 13.4. The van der Waals surface area contributed by atoms with Gasteiger partial charge in [-0.15, -0.1) is 0 Å². The second-order valence-electron chi connectivity index (χ2n) is 9.10. The minimum absolute atomic E-state index is 0.0572. The van der Waals surface area contributed by atoms with Crippen molar-refractivity contribution < 1.29 is 19.7 Å². The lowest BCUT2D eigenvalue weighted by Gasteiger charge is -2.37. The normalized spacial score (nSPS) is 19.7. The van der Waals surface area contributed by atoms with Crippen molar-refractivity contribution in [1.29, 1.82) is 0 Å². The van der Waals surface area contributed by atoms with Crippen molar-refractivity contribution in [2.24, 2.45) is 11.8 Å². The quantitative estimate of drug-likeness (QED) is 0.467. The lowest BCUT2D eigenvalue weighted by atomic mass is 9.81. The van der Waals surface area contributed by atoms with E-state index in [1.807, 2.05) is 42.5 Å². The van der Waals surface area contributed by atoms with E-state index < -0.39 is 18.0 Å². The van der Waals surface area contributed by atoms with Crippen LogP contribution >= 0.6 is 0 Å². The number of rotatable bonds is 10. The monoisotopic (exact) mass is 463 g/mol. The average Bonchev–Trinajstić information content (AvgIpc) is 2.87. The largest absolute Gasteiger partial charge is 0.497 e. The number of hydrogen-bond donors (Lipinski definition) is 2. The number of aliphatic hydroxyl groups is 1. The summed E-state index contributed by atoms with van der Waals surface area (Å²) in [5.41, 5.74) is 2.69. The van der Waals surface area contributed by atoms with E-state index in [-0.39, 0.29) is 5.92 Å². The first kappa shape index (κ1) is 24.1. The zero-order valence-corrected chi connectivity index (χ0v) is 19.6. The number of ether oxygens (including phenoxy) is 1. The van der Waals surface area contributed by atoms with Gasteiger partial charge in [-0.05, 0) is 93.1 Å². The summed E-state index contributed by atoms with van der Waals surface area (Å²) in [5, 5.41) is 21.7. The highest BCUT2D eigenvalue weighted by molar-refractivity contribution is 5.83. The third-order valence-corrected chi connectivity index (χ3v) is 6.94. The number of fused-ring (bicyclic) bond motifs is 1. The van der Waals surface area contributed by atoms with E-state index in [9.17, 15) is 15.0 Å². The van der Waals surface area contributed by atoms with Crippen LogP contribution in [0.25, 0.3) is 10.9 Å². The van der Waals surface area contributed by atoms with E-state index in [1.165, 1.54) is 0 Å². The van der Waals surface area contributed by atoms with Crippen LogP contribution in [0.1, 0.15) is 43.0 Å². The standard InChI is InChI=1S/C27H33N3O4/c1-34-21-8-9-25-23(17-21)22(11-14-29-25)26(31)10-7-19-12-16-30(18-24(19)27(32)33)15-4-6-20-5-2-3-13-28-20/h2-3,5,8-9,11,13-14,17,19,24,26,31H,4,6-7,10,12,15-16,18H2,1H3,(H,32,33)/t19-,24+,26+/m1/s1. The third-order valence-electron chi connectivity index (χ3n) is 6.94. The van der Waals surface area contributed by atoms with Crippen LogP contribution in [0.5, 0.6) is 5.75 Å². The number of hydrogen-bond acceptors (Lipinski definition) is 6.